The summed E-state index contributed by atoms with van der Waals surface area (Å²) >= 11 is 0. The molecule has 0 bridgehead atoms. The molecule has 0 aromatic heterocycles. The predicted molar refractivity (Wildman–Crippen MR) is 69.0 cm³/mol. The Morgan fingerprint density at radius 3 is 2.94 bits per heavy atom. The molecule has 1 aromatic rings. The first-order valence-electron chi connectivity index (χ1n) is 5.74. The van der Waals surface area contributed by atoms with E-state index in [-0.39, 0.29) is 0 Å². The SMILES string of the molecule is C=CCC(CCOc1cccc(C)c1)NC. The summed E-state index contributed by atoms with van der Waals surface area (Å²) in [5, 5.41) is 3.25. The van der Waals surface area contributed by atoms with Crippen molar-refractivity contribution in [3.05, 3.63) is 42.5 Å². The van der Waals surface area contributed by atoms with E-state index in [0.29, 0.717) is 6.04 Å². The maximum absolute atomic E-state index is 5.69. The molecule has 2 nitrogen and oxygen atoms in total. The molecule has 88 valence electrons. The van der Waals surface area contributed by atoms with Crippen LogP contribution in [0.1, 0.15) is 18.4 Å². The number of nitrogens with one attached hydrogen (secondary N) is 1. The van der Waals surface area contributed by atoms with E-state index < -0.39 is 0 Å². The van der Waals surface area contributed by atoms with Crippen LogP contribution in [-0.2, 0) is 0 Å². The van der Waals surface area contributed by atoms with Crippen LogP contribution < -0.4 is 10.1 Å². The first kappa shape index (κ1) is 12.8. The summed E-state index contributed by atoms with van der Waals surface area (Å²) in [5.41, 5.74) is 1.23. The zero-order valence-electron chi connectivity index (χ0n) is 10.2. The molecular weight excluding hydrogens is 198 g/mol. The monoisotopic (exact) mass is 219 g/mol. The van der Waals surface area contributed by atoms with Crippen molar-refractivity contribution in [2.24, 2.45) is 0 Å². The molecule has 0 saturated carbocycles. The van der Waals surface area contributed by atoms with Crippen LogP contribution in [0.15, 0.2) is 36.9 Å². The fourth-order valence-electron chi connectivity index (χ4n) is 1.61. The van der Waals surface area contributed by atoms with Crippen molar-refractivity contribution >= 4 is 0 Å². The summed E-state index contributed by atoms with van der Waals surface area (Å²) in [6.07, 6.45) is 3.91. The average molecular weight is 219 g/mol. The Bertz CT molecular complexity index is 322. The average Bonchev–Trinajstić information content (AvgIpc) is 2.28. The van der Waals surface area contributed by atoms with Crippen molar-refractivity contribution in [1.82, 2.24) is 5.32 Å². The number of ether oxygens (including phenoxy) is 1. The Kier molecular flexibility index (Phi) is 5.65. The summed E-state index contributed by atoms with van der Waals surface area (Å²) in [4.78, 5) is 0. The minimum Gasteiger partial charge on any atom is -0.494 e. The molecule has 0 fully saturated rings. The van der Waals surface area contributed by atoms with Crippen LogP contribution in [0.2, 0.25) is 0 Å². The van der Waals surface area contributed by atoms with Gasteiger partial charge in [0.05, 0.1) is 6.61 Å². The Balaban J connectivity index is 2.31. The van der Waals surface area contributed by atoms with E-state index in [9.17, 15) is 0 Å². The Morgan fingerprint density at radius 2 is 2.31 bits per heavy atom. The van der Waals surface area contributed by atoms with Gasteiger partial charge in [0.25, 0.3) is 0 Å². The molecule has 0 radical (unpaired) electrons. The van der Waals surface area contributed by atoms with Gasteiger partial charge in [-0.3, -0.25) is 0 Å². The lowest BCUT2D eigenvalue weighted by Crippen LogP contribution is -2.26. The lowest BCUT2D eigenvalue weighted by Gasteiger charge is -2.14. The van der Waals surface area contributed by atoms with Crippen LogP contribution in [0.3, 0.4) is 0 Å². The van der Waals surface area contributed by atoms with E-state index in [1.807, 2.05) is 25.3 Å². The molecule has 2 heteroatoms. The van der Waals surface area contributed by atoms with Crippen LogP contribution in [0.4, 0.5) is 0 Å². The zero-order valence-corrected chi connectivity index (χ0v) is 10.2. The Hall–Kier alpha value is -1.28. The Morgan fingerprint density at radius 1 is 1.50 bits per heavy atom. The molecule has 1 rings (SSSR count). The molecule has 0 aliphatic heterocycles. The van der Waals surface area contributed by atoms with E-state index >= 15 is 0 Å². The van der Waals surface area contributed by atoms with Crippen molar-refractivity contribution in [2.45, 2.75) is 25.8 Å². The molecule has 0 amide bonds. The first-order valence-corrected chi connectivity index (χ1v) is 5.74. The van der Waals surface area contributed by atoms with Crippen LogP contribution in [0, 0.1) is 6.92 Å². The normalized spacial score (nSPS) is 12.1. The van der Waals surface area contributed by atoms with Crippen LogP contribution in [0.25, 0.3) is 0 Å². The van der Waals surface area contributed by atoms with Gasteiger partial charge in [0.2, 0.25) is 0 Å². The van der Waals surface area contributed by atoms with Crippen molar-refractivity contribution < 1.29 is 4.74 Å². The van der Waals surface area contributed by atoms with Gasteiger partial charge in [-0.25, -0.2) is 0 Å². The van der Waals surface area contributed by atoms with E-state index in [1.54, 1.807) is 0 Å². The lowest BCUT2D eigenvalue weighted by atomic mass is 10.1. The van der Waals surface area contributed by atoms with Crippen molar-refractivity contribution in [3.8, 4) is 5.75 Å². The topological polar surface area (TPSA) is 21.3 Å². The van der Waals surface area contributed by atoms with Crippen molar-refractivity contribution in [1.29, 1.82) is 0 Å². The lowest BCUT2D eigenvalue weighted by molar-refractivity contribution is 0.289. The van der Waals surface area contributed by atoms with E-state index in [1.165, 1.54) is 5.56 Å². The van der Waals surface area contributed by atoms with Gasteiger partial charge in [-0.1, -0.05) is 18.2 Å². The van der Waals surface area contributed by atoms with Gasteiger partial charge < -0.3 is 10.1 Å². The maximum atomic E-state index is 5.69. The predicted octanol–water partition coefficient (Wildman–Crippen LogP) is 2.93. The third-order valence-electron chi connectivity index (χ3n) is 2.58. The second-order valence-electron chi connectivity index (χ2n) is 3.96. The summed E-state index contributed by atoms with van der Waals surface area (Å²) in [6.45, 7) is 6.55. The highest BCUT2D eigenvalue weighted by Crippen LogP contribution is 2.13. The molecular formula is C14H21NO. The maximum Gasteiger partial charge on any atom is 0.119 e. The summed E-state index contributed by atoms with van der Waals surface area (Å²) in [7, 11) is 1.97. The number of rotatable bonds is 7. The van der Waals surface area contributed by atoms with Gasteiger partial charge in [0.1, 0.15) is 5.75 Å². The fraction of sp³-hybridized carbons (Fsp3) is 0.429. The van der Waals surface area contributed by atoms with Gasteiger partial charge in [0.15, 0.2) is 0 Å². The van der Waals surface area contributed by atoms with Crippen LogP contribution >= 0.6 is 0 Å². The molecule has 16 heavy (non-hydrogen) atoms. The molecule has 1 unspecified atom stereocenters. The summed E-state index contributed by atoms with van der Waals surface area (Å²) in [5.74, 6) is 0.952. The minimum absolute atomic E-state index is 0.460. The molecule has 0 heterocycles. The van der Waals surface area contributed by atoms with Gasteiger partial charge in [0, 0.05) is 6.04 Å². The molecule has 1 N–H and O–H groups in total. The number of aryl methyl sites for hydroxylation is 1. The molecule has 0 spiro atoms. The minimum atomic E-state index is 0.460. The highest BCUT2D eigenvalue weighted by atomic mass is 16.5. The van der Waals surface area contributed by atoms with Gasteiger partial charge in [-0.2, -0.15) is 0 Å². The van der Waals surface area contributed by atoms with E-state index in [0.717, 1.165) is 25.2 Å². The van der Waals surface area contributed by atoms with Gasteiger partial charge in [-0.15, -0.1) is 6.58 Å². The van der Waals surface area contributed by atoms with Gasteiger partial charge >= 0.3 is 0 Å². The van der Waals surface area contributed by atoms with Crippen LogP contribution in [0.5, 0.6) is 5.75 Å². The fourth-order valence-corrected chi connectivity index (χ4v) is 1.61. The molecule has 0 aliphatic rings. The summed E-state index contributed by atoms with van der Waals surface area (Å²) < 4.78 is 5.69. The zero-order chi connectivity index (χ0) is 11.8. The number of hydrogen-bond acceptors (Lipinski definition) is 2. The number of hydrogen-bond donors (Lipinski definition) is 1. The molecule has 0 aliphatic carbocycles. The highest BCUT2D eigenvalue weighted by Gasteiger charge is 2.03. The standard InChI is InChI=1S/C14H21NO/c1-4-6-13(15-3)9-10-16-14-8-5-7-12(2)11-14/h4-5,7-8,11,13,15H,1,6,9-10H2,2-3H3. The quantitative estimate of drug-likeness (QED) is 0.712. The second kappa shape index (κ2) is 7.07. The second-order valence-corrected chi connectivity index (χ2v) is 3.96. The Labute approximate surface area is 98.3 Å². The molecule has 1 atom stereocenters. The first-order chi connectivity index (χ1) is 7.76. The summed E-state index contributed by atoms with van der Waals surface area (Å²) in [6, 6.07) is 8.60. The number of benzene rings is 1. The molecule has 1 aromatic carbocycles. The van der Waals surface area contributed by atoms with E-state index in [2.05, 4.69) is 31.0 Å². The van der Waals surface area contributed by atoms with E-state index in [4.69, 9.17) is 4.74 Å². The third kappa shape index (κ3) is 4.49. The van der Waals surface area contributed by atoms with Gasteiger partial charge in [-0.05, 0) is 44.5 Å². The molecule has 0 saturated heterocycles. The van der Waals surface area contributed by atoms with Crippen LogP contribution in [-0.4, -0.2) is 19.7 Å². The third-order valence-corrected chi connectivity index (χ3v) is 2.58. The van der Waals surface area contributed by atoms with Crippen molar-refractivity contribution in [2.75, 3.05) is 13.7 Å². The largest absolute Gasteiger partial charge is 0.494 e. The highest BCUT2D eigenvalue weighted by molar-refractivity contribution is 5.27. The smallest absolute Gasteiger partial charge is 0.119 e. The van der Waals surface area contributed by atoms with Crippen molar-refractivity contribution in [3.63, 3.8) is 0 Å².